The zero-order valence-corrected chi connectivity index (χ0v) is 10.8. The monoisotopic (exact) mass is 299 g/mol. The number of carboxylic acid groups (broad SMARTS) is 2. The van der Waals surface area contributed by atoms with Gasteiger partial charge in [-0.25, -0.2) is 9.59 Å². The number of nitro groups is 1. The maximum Gasteiger partial charge on any atom is 0.329 e. The summed E-state index contributed by atoms with van der Waals surface area (Å²) in [6.07, 6.45) is -1.05. The summed E-state index contributed by atoms with van der Waals surface area (Å²) in [5, 5.41) is 28.0. The van der Waals surface area contributed by atoms with E-state index in [0.717, 1.165) is 0 Å². The summed E-state index contributed by atoms with van der Waals surface area (Å²) >= 11 is 0. The molecule has 0 saturated carbocycles. The molecule has 1 rings (SSSR count). The summed E-state index contributed by atoms with van der Waals surface area (Å²) in [6, 6.07) is 5.61. The minimum Gasteiger partial charge on any atom is -0.480 e. The Morgan fingerprint density at radius 1 is 1.19 bits per heavy atom. The van der Waals surface area contributed by atoms with E-state index >= 15 is 0 Å². The molecule has 9 heteroatoms. The molecule has 1 atom stereocenters. The van der Waals surface area contributed by atoms with Gasteiger partial charge in [0, 0.05) is 6.07 Å². The molecule has 0 aliphatic rings. The van der Waals surface area contributed by atoms with Gasteiger partial charge in [0.15, 0.2) is 0 Å². The maximum atomic E-state index is 10.9. The van der Waals surface area contributed by atoms with E-state index in [4.69, 9.17) is 19.7 Å². The molecule has 0 spiro atoms. The lowest BCUT2D eigenvalue weighted by atomic mass is 10.1. The summed E-state index contributed by atoms with van der Waals surface area (Å²) in [4.78, 5) is 31.2. The molecular weight excluding hydrogens is 286 g/mol. The van der Waals surface area contributed by atoms with Gasteiger partial charge in [0.1, 0.15) is 19.3 Å². The third-order valence-corrected chi connectivity index (χ3v) is 2.38. The number of ether oxygens (including phenoxy) is 2. The highest BCUT2D eigenvalue weighted by atomic mass is 16.6. The van der Waals surface area contributed by atoms with E-state index in [0.29, 0.717) is 0 Å². The molecule has 9 nitrogen and oxygen atoms in total. The van der Waals surface area contributed by atoms with Gasteiger partial charge in [0.25, 0.3) is 5.69 Å². The van der Waals surface area contributed by atoms with Crippen LogP contribution in [0.2, 0.25) is 0 Å². The van der Waals surface area contributed by atoms with Crippen LogP contribution in [-0.2, 0) is 19.1 Å². The van der Waals surface area contributed by atoms with Crippen molar-refractivity contribution >= 4 is 17.6 Å². The second-order valence-electron chi connectivity index (χ2n) is 3.92. The van der Waals surface area contributed by atoms with E-state index in [-0.39, 0.29) is 17.9 Å². The molecule has 0 amide bonds. The van der Waals surface area contributed by atoms with Crippen LogP contribution in [0, 0.1) is 10.1 Å². The standard InChI is InChI=1S/C12H13NO8/c14-11(15)6-20-5-10(21-7-12(16)17)8-3-1-2-4-9(8)13(18)19/h1-4,10H,5-7H2,(H,14,15)(H,16,17). The van der Waals surface area contributed by atoms with Crippen molar-refractivity contribution in [3.63, 3.8) is 0 Å². The van der Waals surface area contributed by atoms with Gasteiger partial charge in [-0.15, -0.1) is 0 Å². The predicted octanol–water partition coefficient (Wildman–Crippen LogP) is 0.838. The molecule has 0 radical (unpaired) electrons. The number of nitrogens with zero attached hydrogens (tertiary/aromatic N) is 1. The number of carbonyl (C=O) groups is 2. The first kappa shape index (κ1) is 16.5. The summed E-state index contributed by atoms with van der Waals surface area (Å²) in [5.41, 5.74) is -0.138. The number of aliphatic carboxylic acids is 2. The summed E-state index contributed by atoms with van der Waals surface area (Å²) < 4.78 is 9.88. The van der Waals surface area contributed by atoms with Gasteiger partial charge in [0.2, 0.25) is 0 Å². The first-order valence-electron chi connectivity index (χ1n) is 5.78. The van der Waals surface area contributed by atoms with E-state index in [1.807, 2.05) is 0 Å². The van der Waals surface area contributed by atoms with Crippen LogP contribution >= 0.6 is 0 Å². The molecule has 0 saturated heterocycles. The van der Waals surface area contributed by atoms with Gasteiger partial charge in [-0.05, 0) is 6.07 Å². The first-order chi connectivity index (χ1) is 9.91. The van der Waals surface area contributed by atoms with Crippen LogP contribution in [0.1, 0.15) is 11.7 Å². The molecule has 0 aliphatic carbocycles. The van der Waals surface area contributed by atoms with Gasteiger partial charge in [0.05, 0.1) is 17.1 Å². The molecule has 0 aliphatic heterocycles. The van der Waals surface area contributed by atoms with Crippen molar-refractivity contribution in [2.75, 3.05) is 19.8 Å². The highest BCUT2D eigenvalue weighted by Gasteiger charge is 2.23. The normalized spacial score (nSPS) is 11.8. The van der Waals surface area contributed by atoms with Crippen LogP contribution in [0.3, 0.4) is 0 Å². The molecule has 0 heterocycles. The van der Waals surface area contributed by atoms with Gasteiger partial charge in [-0.3, -0.25) is 10.1 Å². The van der Waals surface area contributed by atoms with E-state index in [2.05, 4.69) is 0 Å². The van der Waals surface area contributed by atoms with Gasteiger partial charge < -0.3 is 19.7 Å². The lowest BCUT2D eigenvalue weighted by Crippen LogP contribution is -2.19. The number of hydrogen-bond donors (Lipinski definition) is 2. The molecule has 0 aromatic heterocycles. The van der Waals surface area contributed by atoms with Gasteiger partial charge >= 0.3 is 11.9 Å². The number of rotatable bonds is 9. The average molecular weight is 299 g/mol. The van der Waals surface area contributed by atoms with Crippen LogP contribution in [0.15, 0.2) is 24.3 Å². The van der Waals surface area contributed by atoms with E-state index in [1.165, 1.54) is 24.3 Å². The third-order valence-electron chi connectivity index (χ3n) is 2.38. The SMILES string of the molecule is O=C(O)COCC(OCC(=O)O)c1ccccc1[N+](=O)[O-]. The van der Waals surface area contributed by atoms with Crippen molar-refractivity contribution in [2.45, 2.75) is 6.10 Å². The Labute approximate surface area is 118 Å². The molecule has 114 valence electrons. The van der Waals surface area contributed by atoms with Crippen molar-refractivity contribution < 1.29 is 34.2 Å². The molecule has 2 N–H and O–H groups in total. The Balaban J connectivity index is 2.91. The van der Waals surface area contributed by atoms with Crippen molar-refractivity contribution in [3.05, 3.63) is 39.9 Å². The highest BCUT2D eigenvalue weighted by molar-refractivity contribution is 5.68. The van der Waals surface area contributed by atoms with E-state index in [1.54, 1.807) is 0 Å². The average Bonchev–Trinajstić information content (AvgIpc) is 2.42. The number of hydrogen-bond acceptors (Lipinski definition) is 6. The number of benzene rings is 1. The second kappa shape index (κ2) is 7.92. The Kier molecular flexibility index (Phi) is 6.24. The molecule has 1 aromatic carbocycles. The van der Waals surface area contributed by atoms with Crippen LogP contribution < -0.4 is 0 Å². The van der Waals surface area contributed by atoms with Crippen LogP contribution in [0.4, 0.5) is 5.69 Å². The fraction of sp³-hybridized carbons (Fsp3) is 0.333. The number of para-hydroxylation sites is 1. The topological polar surface area (TPSA) is 136 Å². The smallest absolute Gasteiger partial charge is 0.329 e. The van der Waals surface area contributed by atoms with E-state index < -0.39 is 36.2 Å². The van der Waals surface area contributed by atoms with Crippen LogP contribution in [-0.4, -0.2) is 46.9 Å². The first-order valence-corrected chi connectivity index (χ1v) is 5.78. The number of carboxylic acids is 2. The fourth-order valence-electron chi connectivity index (χ4n) is 1.58. The molecule has 1 unspecified atom stereocenters. The van der Waals surface area contributed by atoms with Crippen molar-refractivity contribution in [1.82, 2.24) is 0 Å². The number of nitro benzene ring substituents is 1. The summed E-state index contributed by atoms with van der Waals surface area (Å²) in [5.74, 6) is -2.47. The van der Waals surface area contributed by atoms with Gasteiger partial charge in [-0.1, -0.05) is 12.1 Å². The Bertz CT molecular complexity index is 530. The van der Waals surface area contributed by atoms with Crippen molar-refractivity contribution in [2.24, 2.45) is 0 Å². The van der Waals surface area contributed by atoms with Gasteiger partial charge in [-0.2, -0.15) is 0 Å². The Morgan fingerprint density at radius 2 is 1.81 bits per heavy atom. The minimum absolute atomic E-state index is 0.120. The lowest BCUT2D eigenvalue weighted by Gasteiger charge is -2.17. The maximum absolute atomic E-state index is 10.9. The Hall–Kier alpha value is -2.52. The van der Waals surface area contributed by atoms with E-state index in [9.17, 15) is 19.7 Å². The van der Waals surface area contributed by atoms with Crippen LogP contribution in [0.25, 0.3) is 0 Å². The van der Waals surface area contributed by atoms with Crippen molar-refractivity contribution in [3.8, 4) is 0 Å². The third kappa shape index (κ3) is 5.55. The molecule has 0 bridgehead atoms. The van der Waals surface area contributed by atoms with Crippen LogP contribution in [0.5, 0.6) is 0 Å². The predicted molar refractivity (Wildman–Crippen MR) is 67.9 cm³/mol. The molecule has 21 heavy (non-hydrogen) atoms. The fourth-order valence-corrected chi connectivity index (χ4v) is 1.58. The zero-order chi connectivity index (χ0) is 15.8. The largest absolute Gasteiger partial charge is 0.480 e. The molecule has 1 aromatic rings. The summed E-state index contributed by atoms with van der Waals surface area (Å²) in [7, 11) is 0. The Morgan fingerprint density at radius 3 is 2.38 bits per heavy atom. The lowest BCUT2D eigenvalue weighted by molar-refractivity contribution is -0.386. The highest BCUT2D eigenvalue weighted by Crippen LogP contribution is 2.27. The van der Waals surface area contributed by atoms with Crippen molar-refractivity contribution in [1.29, 1.82) is 0 Å². The molecule has 0 fully saturated rings. The molecular formula is C12H13NO8. The minimum atomic E-state index is -1.25. The zero-order valence-electron chi connectivity index (χ0n) is 10.8. The second-order valence-corrected chi connectivity index (χ2v) is 3.92. The quantitative estimate of drug-likeness (QED) is 0.505. The summed E-state index contributed by atoms with van der Waals surface area (Å²) in [6.45, 7) is -1.62.